The second kappa shape index (κ2) is 7.45. The zero-order valence-electron chi connectivity index (χ0n) is 12.8. The van der Waals surface area contributed by atoms with E-state index in [1.807, 2.05) is 48.7 Å². The number of aryl methyl sites for hydroxylation is 1. The highest BCUT2D eigenvalue weighted by atomic mass is 32.1. The van der Waals surface area contributed by atoms with Crippen LogP contribution in [-0.4, -0.2) is 38.0 Å². The van der Waals surface area contributed by atoms with Gasteiger partial charge in [0.05, 0.1) is 25.9 Å². The quantitative estimate of drug-likeness (QED) is 0.719. The molecule has 3 rings (SSSR count). The Bertz CT molecular complexity index is 725. The van der Waals surface area contributed by atoms with Crippen molar-refractivity contribution in [1.82, 2.24) is 20.2 Å². The van der Waals surface area contributed by atoms with Crippen molar-refractivity contribution < 1.29 is 9.84 Å². The lowest BCUT2D eigenvalue weighted by Gasteiger charge is -2.09. The number of aliphatic hydroxyl groups excluding tert-OH is 1. The SMILES string of the molecule is Cc1ccc(-c2nnn(C[C@H](O)COCc3cccs3)n2)cc1. The smallest absolute Gasteiger partial charge is 0.204 e. The van der Waals surface area contributed by atoms with Crippen molar-refractivity contribution in [2.45, 2.75) is 26.2 Å². The predicted molar refractivity (Wildman–Crippen MR) is 88.0 cm³/mol. The summed E-state index contributed by atoms with van der Waals surface area (Å²) in [5, 5.41) is 24.3. The lowest BCUT2D eigenvalue weighted by atomic mass is 10.1. The zero-order chi connectivity index (χ0) is 16.1. The van der Waals surface area contributed by atoms with Gasteiger partial charge in [0.25, 0.3) is 0 Å². The molecule has 3 aromatic rings. The Morgan fingerprint density at radius 3 is 2.83 bits per heavy atom. The molecule has 0 saturated carbocycles. The van der Waals surface area contributed by atoms with Crippen LogP contribution in [0.15, 0.2) is 41.8 Å². The Labute approximate surface area is 138 Å². The molecule has 0 spiro atoms. The van der Waals surface area contributed by atoms with Gasteiger partial charge in [0.2, 0.25) is 5.82 Å². The summed E-state index contributed by atoms with van der Waals surface area (Å²) in [5.41, 5.74) is 2.09. The van der Waals surface area contributed by atoms with E-state index in [2.05, 4.69) is 15.4 Å². The molecule has 6 nitrogen and oxygen atoms in total. The van der Waals surface area contributed by atoms with E-state index in [0.29, 0.717) is 12.4 Å². The summed E-state index contributed by atoms with van der Waals surface area (Å²) in [6.45, 7) is 3.03. The van der Waals surface area contributed by atoms with Gasteiger partial charge in [0.15, 0.2) is 0 Å². The van der Waals surface area contributed by atoms with E-state index in [-0.39, 0.29) is 13.2 Å². The summed E-state index contributed by atoms with van der Waals surface area (Å²) in [4.78, 5) is 2.53. The van der Waals surface area contributed by atoms with E-state index in [1.54, 1.807) is 11.3 Å². The van der Waals surface area contributed by atoms with Crippen molar-refractivity contribution in [2.75, 3.05) is 6.61 Å². The summed E-state index contributed by atoms with van der Waals surface area (Å²) in [6, 6.07) is 11.9. The van der Waals surface area contributed by atoms with E-state index in [4.69, 9.17) is 4.74 Å². The van der Waals surface area contributed by atoms with Crippen LogP contribution in [0.3, 0.4) is 0 Å². The monoisotopic (exact) mass is 330 g/mol. The van der Waals surface area contributed by atoms with Gasteiger partial charge in [-0.2, -0.15) is 4.80 Å². The fraction of sp³-hybridized carbons (Fsp3) is 0.312. The highest BCUT2D eigenvalue weighted by molar-refractivity contribution is 7.09. The predicted octanol–water partition coefficient (Wildman–Crippen LogP) is 2.29. The maximum atomic E-state index is 10.00. The van der Waals surface area contributed by atoms with Crippen LogP contribution >= 0.6 is 11.3 Å². The molecule has 0 aliphatic heterocycles. The third-order valence-electron chi connectivity index (χ3n) is 3.27. The Morgan fingerprint density at radius 1 is 1.26 bits per heavy atom. The summed E-state index contributed by atoms with van der Waals surface area (Å²) in [5.74, 6) is 0.553. The largest absolute Gasteiger partial charge is 0.389 e. The first-order chi connectivity index (χ1) is 11.2. The third kappa shape index (κ3) is 4.44. The second-order valence-electron chi connectivity index (χ2n) is 5.28. The number of thiophene rings is 1. The standard InChI is InChI=1S/C16H18N4O2S/c1-12-4-6-13(7-5-12)16-17-19-20(18-16)9-14(21)10-22-11-15-3-2-8-23-15/h2-8,14,21H,9-11H2,1H3/t14-/m0/s1. The van der Waals surface area contributed by atoms with Crippen LogP contribution in [0.4, 0.5) is 0 Å². The molecule has 0 amide bonds. The minimum absolute atomic E-state index is 0.235. The van der Waals surface area contributed by atoms with Crippen molar-refractivity contribution in [3.8, 4) is 11.4 Å². The van der Waals surface area contributed by atoms with E-state index in [1.165, 1.54) is 10.4 Å². The molecule has 0 bridgehead atoms. The molecule has 2 heterocycles. The molecule has 0 radical (unpaired) electrons. The molecular formula is C16H18N4O2S. The van der Waals surface area contributed by atoms with Crippen LogP contribution in [-0.2, 0) is 17.9 Å². The average Bonchev–Trinajstić information content (AvgIpc) is 3.20. The number of aromatic nitrogens is 4. The number of rotatable bonds is 7. The van der Waals surface area contributed by atoms with Gasteiger partial charge >= 0.3 is 0 Å². The van der Waals surface area contributed by atoms with E-state index in [9.17, 15) is 5.11 Å². The molecular weight excluding hydrogens is 312 g/mol. The molecule has 1 aromatic carbocycles. The third-order valence-corrected chi connectivity index (χ3v) is 4.12. The minimum atomic E-state index is -0.671. The van der Waals surface area contributed by atoms with Gasteiger partial charge in [-0.05, 0) is 23.6 Å². The molecule has 1 N–H and O–H groups in total. The lowest BCUT2D eigenvalue weighted by Crippen LogP contribution is -2.23. The number of hydrogen-bond donors (Lipinski definition) is 1. The Balaban J connectivity index is 1.51. The van der Waals surface area contributed by atoms with Crippen LogP contribution in [0.5, 0.6) is 0 Å². The minimum Gasteiger partial charge on any atom is -0.389 e. The number of nitrogens with zero attached hydrogens (tertiary/aromatic N) is 4. The maximum Gasteiger partial charge on any atom is 0.204 e. The zero-order valence-corrected chi connectivity index (χ0v) is 13.6. The van der Waals surface area contributed by atoms with Crippen molar-refractivity contribution in [2.24, 2.45) is 0 Å². The molecule has 0 aliphatic carbocycles. The molecule has 1 atom stereocenters. The van der Waals surface area contributed by atoms with Crippen molar-refractivity contribution >= 4 is 11.3 Å². The van der Waals surface area contributed by atoms with Crippen molar-refractivity contribution in [3.63, 3.8) is 0 Å². The summed E-state index contributed by atoms with van der Waals surface area (Å²) in [6.07, 6.45) is -0.671. The van der Waals surface area contributed by atoms with Gasteiger partial charge in [-0.15, -0.1) is 21.5 Å². The van der Waals surface area contributed by atoms with Crippen LogP contribution in [0, 0.1) is 6.92 Å². The highest BCUT2D eigenvalue weighted by Crippen LogP contribution is 2.14. The van der Waals surface area contributed by atoms with Gasteiger partial charge in [-0.3, -0.25) is 0 Å². The van der Waals surface area contributed by atoms with Crippen molar-refractivity contribution in [3.05, 3.63) is 52.2 Å². The number of aliphatic hydroxyl groups is 1. The van der Waals surface area contributed by atoms with Crippen LogP contribution in [0.1, 0.15) is 10.4 Å². The van der Waals surface area contributed by atoms with Gasteiger partial charge < -0.3 is 9.84 Å². The van der Waals surface area contributed by atoms with Crippen molar-refractivity contribution in [1.29, 1.82) is 0 Å². The number of ether oxygens (including phenoxy) is 1. The fourth-order valence-corrected chi connectivity index (χ4v) is 2.71. The van der Waals surface area contributed by atoms with E-state index >= 15 is 0 Å². The van der Waals surface area contributed by atoms with Crippen LogP contribution in [0.25, 0.3) is 11.4 Å². The van der Waals surface area contributed by atoms with Gasteiger partial charge in [0.1, 0.15) is 0 Å². The summed E-state index contributed by atoms with van der Waals surface area (Å²) in [7, 11) is 0. The fourth-order valence-electron chi connectivity index (χ4n) is 2.07. The summed E-state index contributed by atoms with van der Waals surface area (Å²) < 4.78 is 5.49. The number of benzene rings is 1. The number of hydrogen-bond acceptors (Lipinski definition) is 6. The molecule has 2 aromatic heterocycles. The Morgan fingerprint density at radius 2 is 2.09 bits per heavy atom. The molecule has 120 valence electrons. The molecule has 23 heavy (non-hydrogen) atoms. The Kier molecular flexibility index (Phi) is 5.12. The second-order valence-corrected chi connectivity index (χ2v) is 6.31. The lowest BCUT2D eigenvalue weighted by molar-refractivity contribution is 0.0174. The average molecular weight is 330 g/mol. The van der Waals surface area contributed by atoms with Gasteiger partial charge in [-0.25, -0.2) is 0 Å². The van der Waals surface area contributed by atoms with Gasteiger partial charge in [0, 0.05) is 10.4 Å². The van der Waals surface area contributed by atoms with E-state index in [0.717, 1.165) is 10.4 Å². The summed E-state index contributed by atoms with van der Waals surface area (Å²) >= 11 is 1.63. The molecule has 7 heteroatoms. The number of tetrazole rings is 1. The molecule has 0 unspecified atom stereocenters. The molecule has 0 fully saturated rings. The van der Waals surface area contributed by atoms with Crippen LogP contribution < -0.4 is 0 Å². The highest BCUT2D eigenvalue weighted by Gasteiger charge is 2.10. The molecule has 0 saturated heterocycles. The van der Waals surface area contributed by atoms with Crippen LogP contribution in [0.2, 0.25) is 0 Å². The van der Waals surface area contributed by atoms with Gasteiger partial charge in [-0.1, -0.05) is 35.9 Å². The first-order valence-corrected chi connectivity index (χ1v) is 8.22. The Hall–Kier alpha value is -2.09. The topological polar surface area (TPSA) is 73.1 Å². The van der Waals surface area contributed by atoms with E-state index < -0.39 is 6.10 Å². The maximum absolute atomic E-state index is 10.00. The molecule has 0 aliphatic rings. The first kappa shape index (κ1) is 15.8. The first-order valence-electron chi connectivity index (χ1n) is 7.34. The normalized spacial score (nSPS) is 12.4.